The number of ether oxygens (including phenoxy) is 1. The van der Waals surface area contributed by atoms with Crippen molar-refractivity contribution in [2.75, 3.05) is 5.32 Å². The normalized spacial score (nSPS) is 10.6. The molecular formula is C19H18ClF2N3O2. The van der Waals surface area contributed by atoms with E-state index in [1.54, 1.807) is 32.9 Å². The minimum absolute atomic E-state index is 0. The van der Waals surface area contributed by atoms with Gasteiger partial charge < -0.3 is 10.1 Å². The lowest BCUT2D eigenvalue weighted by Gasteiger charge is -2.16. The number of hydrogen-bond donors (Lipinski definition) is 1. The van der Waals surface area contributed by atoms with E-state index in [9.17, 15) is 13.6 Å². The first kappa shape index (κ1) is 20.5. The fourth-order valence-corrected chi connectivity index (χ4v) is 2.47. The predicted molar refractivity (Wildman–Crippen MR) is 102 cm³/mol. The van der Waals surface area contributed by atoms with Crippen molar-refractivity contribution in [2.45, 2.75) is 26.9 Å². The third kappa shape index (κ3) is 4.49. The third-order valence-electron chi connectivity index (χ3n) is 3.62. The molecule has 0 radical (unpaired) electrons. The molecule has 3 rings (SSSR count). The number of benzene rings is 1. The first-order valence-electron chi connectivity index (χ1n) is 8.04. The van der Waals surface area contributed by atoms with Crippen molar-refractivity contribution in [1.29, 1.82) is 0 Å². The number of aromatic nitrogens is 2. The molecule has 3 aromatic rings. The zero-order valence-electron chi connectivity index (χ0n) is 14.9. The number of fused-ring (bicyclic) bond motifs is 1. The van der Waals surface area contributed by atoms with Crippen molar-refractivity contribution in [3.8, 4) is 0 Å². The highest BCUT2D eigenvalue weighted by molar-refractivity contribution is 6.05. The molecule has 1 N–H and O–H groups in total. The predicted octanol–water partition coefficient (Wildman–Crippen LogP) is 4.95. The van der Waals surface area contributed by atoms with Crippen LogP contribution in [0, 0.1) is 18.6 Å². The van der Waals surface area contributed by atoms with Crippen LogP contribution in [-0.4, -0.2) is 22.0 Å². The fourth-order valence-electron chi connectivity index (χ4n) is 2.47. The standard InChI is InChI=1S/C19H17F2N3O2.ClH/c1-10(2)26-19(25)14-9-22-18-13(6-4-11(3)23-18)17(14)24-16-8-12(20)5-7-15(16)21;/h4-10H,1-3H3,(H,22,23,24);1H. The van der Waals surface area contributed by atoms with E-state index < -0.39 is 17.6 Å². The lowest BCUT2D eigenvalue weighted by atomic mass is 10.1. The van der Waals surface area contributed by atoms with Crippen LogP contribution < -0.4 is 5.32 Å². The van der Waals surface area contributed by atoms with Crippen LogP contribution >= 0.6 is 12.4 Å². The van der Waals surface area contributed by atoms with Gasteiger partial charge in [0.1, 0.15) is 17.2 Å². The summed E-state index contributed by atoms with van der Waals surface area (Å²) in [6.45, 7) is 5.24. The minimum Gasteiger partial charge on any atom is -0.459 e. The van der Waals surface area contributed by atoms with E-state index in [1.807, 2.05) is 0 Å². The molecule has 0 fully saturated rings. The van der Waals surface area contributed by atoms with Crippen LogP contribution in [0.3, 0.4) is 0 Å². The van der Waals surface area contributed by atoms with Crippen LogP contribution in [0.2, 0.25) is 0 Å². The quantitative estimate of drug-likeness (QED) is 0.635. The van der Waals surface area contributed by atoms with Gasteiger partial charge in [0.25, 0.3) is 0 Å². The highest BCUT2D eigenvalue weighted by atomic mass is 35.5. The van der Waals surface area contributed by atoms with Crippen LogP contribution in [-0.2, 0) is 4.74 Å². The largest absolute Gasteiger partial charge is 0.459 e. The number of carbonyl (C=O) groups excluding carboxylic acids is 1. The maximum Gasteiger partial charge on any atom is 0.342 e. The Kier molecular flexibility index (Phi) is 6.28. The van der Waals surface area contributed by atoms with Gasteiger partial charge in [-0.05, 0) is 45.0 Å². The molecule has 142 valence electrons. The van der Waals surface area contributed by atoms with E-state index in [1.165, 1.54) is 6.20 Å². The van der Waals surface area contributed by atoms with Crippen molar-refractivity contribution >= 4 is 40.8 Å². The summed E-state index contributed by atoms with van der Waals surface area (Å²) >= 11 is 0. The molecule has 0 aliphatic carbocycles. The lowest BCUT2D eigenvalue weighted by Crippen LogP contribution is -2.14. The Morgan fingerprint density at radius 3 is 2.63 bits per heavy atom. The van der Waals surface area contributed by atoms with Gasteiger partial charge in [-0.3, -0.25) is 0 Å². The van der Waals surface area contributed by atoms with Gasteiger partial charge in [-0.25, -0.2) is 23.5 Å². The van der Waals surface area contributed by atoms with E-state index in [0.717, 1.165) is 23.9 Å². The van der Waals surface area contributed by atoms with Gasteiger partial charge in [-0.1, -0.05) is 0 Å². The molecule has 2 aromatic heterocycles. The molecule has 0 saturated carbocycles. The van der Waals surface area contributed by atoms with Crippen molar-refractivity contribution in [3.63, 3.8) is 0 Å². The Bertz CT molecular complexity index is 996. The second-order valence-corrected chi connectivity index (χ2v) is 6.07. The molecule has 2 heterocycles. The number of anilines is 2. The Balaban J connectivity index is 0.00000261. The van der Waals surface area contributed by atoms with E-state index >= 15 is 0 Å². The summed E-state index contributed by atoms with van der Waals surface area (Å²) in [4.78, 5) is 20.9. The number of nitrogens with zero attached hydrogens (tertiary/aromatic N) is 2. The van der Waals surface area contributed by atoms with Gasteiger partial charge in [0.05, 0.1) is 17.5 Å². The number of nitrogens with one attached hydrogen (secondary N) is 1. The topological polar surface area (TPSA) is 64.1 Å². The number of rotatable bonds is 4. The molecule has 0 unspecified atom stereocenters. The second kappa shape index (κ2) is 8.26. The molecule has 8 heteroatoms. The monoisotopic (exact) mass is 393 g/mol. The van der Waals surface area contributed by atoms with Gasteiger partial charge in [0.15, 0.2) is 5.65 Å². The maximum atomic E-state index is 14.1. The highest BCUT2D eigenvalue weighted by Crippen LogP contribution is 2.30. The van der Waals surface area contributed by atoms with Gasteiger partial charge in [-0.2, -0.15) is 0 Å². The van der Waals surface area contributed by atoms with Crippen LogP contribution in [0.4, 0.5) is 20.2 Å². The summed E-state index contributed by atoms with van der Waals surface area (Å²) in [5.74, 6) is -1.87. The molecule has 5 nitrogen and oxygen atoms in total. The molecule has 0 bridgehead atoms. The summed E-state index contributed by atoms with van der Waals surface area (Å²) in [5, 5.41) is 3.30. The van der Waals surface area contributed by atoms with Crippen LogP contribution in [0.15, 0.2) is 36.5 Å². The second-order valence-electron chi connectivity index (χ2n) is 6.07. The van der Waals surface area contributed by atoms with Crippen molar-refractivity contribution in [2.24, 2.45) is 0 Å². The summed E-state index contributed by atoms with van der Waals surface area (Å²) in [7, 11) is 0. The number of aryl methyl sites for hydroxylation is 1. The van der Waals surface area contributed by atoms with Gasteiger partial charge in [0, 0.05) is 23.3 Å². The van der Waals surface area contributed by atoms with Gasteiger partial charge in [0.2, 0.25) is 0 Å². The molecule has 0 aliphatic heterocycles. The van der Waals surface area contributed by atoms with Gasteiger partial charge in [-0.15, -0.1) is 12.4 Å². The fraction of sp³-hybridized carbons (Fsp3) is 0.211. The summed E-state index contributed by atoms with van der Waals surface area (Å²) in [5.41, 5.74) is 1.39. The average molecular weight is 394 g/mol. The van der Waals surface area contributed by atoms with Crippen LogP contribution in [0.1, 0.15) is 29.9 Å². The molecular weight excluding hydrogens is 376 g/mol. The molecule has 0 aliphatic rings. The smallest absolute Gasteiger partial charge is 0.342 e. The molecule has 1 aromatic carbocycles. The molecule has 0 spiro atoms. The Morgan fingerprint density at radius 2 is 1.93 bits per heavy atom. The van der Waals surface area contributed by atoms with E-state index in [0.29, 0.717) is 11.0 Å². The summed E-state index contributed by atoms with van der Waals surface area (Å²) < 4.78 is 32.8. The van der Waals surface area contributed by atoms with E-state index in [4.69, 9.17) is 4.74 Å². The molecule has 0 saturated heterocycles. The number of pyridine rings is 2. The highest BCUT2D eigenvalue weighted by Gasteiger charge is 2.20. The number of esters is 1. The Hall–Kier alpha value is -2.80. The zero-order chi connectivity index (χ0) is 18.8. The van der Waals surface area contributed by atoms with Crippen LogP contribution in [0.5, 0.6) is 0 Å². The third-order valence-corrected chi connectivity index (χ3v) is 3.62. The van der Waals surface area contributed by atoms with Gasteiger partial charge >= 0.3 is 5.97 Å². The van der Waals surface area contributed by atoms with E-state index in [-0.39, 0.29) is 35.4 Å². The van der Waals surface area contributed by atoms with Crippen molar-refractivity contribution < 1.29 is 18.3 Å². The Labute approximate surface area is 161 Å². The number of hydrogen-bond acceptors (Lipinski definition) is 5. The molecule has 27 heavy (non-hydrogen) atoms. The molecule has 0 amide bonds. The number of carbonyl (C=O) groups is 1. The van der Waals surface area contributed by atoms with E-state index in [2.05, 4.69) is 15.3 Å². The van der Waals surface area contributed by atoms with Crippen molar-refractivity contribution in [3.05, 3.63) is 59.4 Å². The minimum atomic E-state index is -0.653. The molecule has 0 atom stereocenters. The number of halogens is 3. The Morgan fingerprint density at radius 1 is 1.19 bits per heavy atom. The van der Waals surface area contributed by atoms with Crippen LogP contribution in [0.25, 0.3) is 11.0 Å². The summed E-state index contributed by atoms with van der Waals surface area (Å²) in [6.07, 6.45) is 0.979. The summed E-state index contributed by atoms with van der Waals surface area (Å²) in [6, 6.07) is 6.51. The zero-order valence-corrected chi connectivity index (χ0v) is 15.7. The first-order valence-corrected chi connectivity index (χ1v) is 8.04. The first-order chi connectivity index (χ1) is 12.3. The SMILES string of the molecule is Cc1ccc2c(Nc3cc(F)ccc3F)c(C(=O)OC(C)C)cnc2n1.Cl. The van der Waals surface area contributed by atoms with Crippen molar-refractivity contribution in [1.82, 2.24) is 9.97 Å². The average Bonchev–Trinajstić information content (AvgIpc) is 2.57. The maximum absolute atomic E-state index is 14.1. The lowest BCUT2D eigenvalue weighted by molar-refractivity contribution is 0.0379.